The summed E-state index contributed by atoms with van der Waals surface area (Å²) in [4.78, 5) is 16.6. The van der Waals surface area contributed by atoms with Crippen LogP contribution in [0.15, 0.2) is 47.0 Å². The molecule has 134 valence electrons. The van der Waals surface area contributed by atoms with Gasteiger partial charge in [0, 0.05) is 16.8 Å². The molecule has 1 N–H and O–H groups in total. The van der Waals surface area contributed by atoms with E-state index in [2.05, 4.69) is 15.5 Å². The summed E-state index contributed by atoms with van der Waals surface area (Å²) in [6.07, 6.45) is 0.0223. The Labute approximate surface area is 156 Å². The number of ether oxygens (including phenoxy) is 1. The number of halogens is 1. The zero-order valence-electron chi connectivity index (χ0n) is 14.6. The maximum absolute atomic E-state index is 12.4. The number of aromatic nitrogens is 2. The molecular weight excluding hydrogens is 354 g/mol. The van der Waals surface area contributed by atoms with Crippen LogP contribution >= 0.6 is 11.6 Å². The fourth-order valence-electron chi connectivity index (χ4n) is 2.31. The number of anilines is 1. The molecule has 3 rings (SSSR count). The van der Waals surface area contributed by atoms with Crippen LogP contribution in [-0.2, 0) is 0 Å². The molecule has 2 aromatic carbocycles. The summed E-state index contributed by atoms with van der Waals surface area (Å²) >= 11 is 6.19. The Balaban J connectivity index is 1.71. The number of carbonyl (C=O) groups is 1. The highest BCUT2D eigenvalue weighted by Crippen LogP contribution is 2.28. The Kier molecular flexibility index (Phi) is 5.23. The van der Waals surface area contributed by atoms with E-state index in [1.165, 1.54) is 0 Å². The lowest BCUT2D eigenvalue weighted by Crippen LogP contribution is -2.12. The van der Waals surface area contributed by atoms with Crippen molar-refractivity contribution in [2.45, 2.75) is 26.9 Å². The van der Waals surface area contributed by atoms with Gasteiger partial charge in [-0.3, -0.25) is 4.79 Å². The minimum Gasteiger partial charge on any atom is -0.489 e. The van der Waals surface area contributed by atoms with Gasteiger partial charge in [0.25, 0.3) is 11.8 Å². The van der Waals surface area contributed by atoms with Crippen molar-refractivity contribution < 1.29 is 14.1 Å². The Morgan fingerprint density at radius 3 is 2.50 bits per heavy atom. The van der Waals surface area contributed by atoms with E-state index in [0.29, 0.717) is 33.7 Å². The molecule has 3 aromatic rings. The van der Waals surface area contributed by atoms with Gasteiger partial charge in [-0.05, 0) is 63.2 Å². The number of aryl methyl sites for hydroxylation is 1. The molecule has 0 radical (unpaired) electrons. The summed E-state index contributed by atoms with van der Waals surface area (Å²) in [5.41, 5.74) is 1.84. The first-order chi connectivity index (χ1) is 12.4. The number of amides is 1. The Morgan fingerprint density at radius 1 is 1.19 bits per heavy atom. The molecule has 1 heterocycles. The highest BCUT2D eigenvalue weighted by Gasteiger charge is 2.11. The third-order valence-electron chi connectivity index (χ3n) is 3.47. The predicted molar refractivity (Wildman–Crippen MR) is 99.6 cm³/mol. The van der Waals surface area contributed by atoms with Crippen molar-refractivity contribution >= 4 is 23.2 Å². The minimum absolute atomic E-state index is 0.0223. The molecule has 0 spiro atoms. The molecule has 1 amide bonds. The number of nitrogens with one attached hydrogen (secondary N) is 1. The average Bonchev–Trinajstić information content (AvgIpc) is 3.03. The van der Waals surface area contributed by atoms with Crippen LogP contribution in [0.2, 0.25) is 5.02 Å². The lowest BCUT2D eigenvalue weighted by molar-refractivity contribution is 0.102. The molecule has 6 nitrogen and oxygen atoms in total. The quantitative estimate of drug-likeness (QED) is 0.701. The molecular formula is C19H18ClN3O3. The van der Waals surface area contributed by atoms with Crippen LogP contribution in [0.25, 0.3) is 11.5 Å². The summed E-state index contributed by atoms with van der Waals surface area (Å²) in [6.45, 7) is 5.59. The number of hydrogen-bond donors (Lipinski definition) is 1. The topological polar surface area (TPSA) is 77.2 Å². The largest absolute Gasteiger partial charge is 0.489 e. The maximum Gasteiger partial charge on any atom is 0.257 e. The zero-order valence-corrected chi connectivity index (χ0v) is 15.4. The van der Waals surface area contributed by atoms with Gasteiger partial charge in [0.1, 0.15) is 5.75 Å². The van der Waals surface area contributed by atoms with Gasteiger partial charge in [0.2, 0.25) is 0 Å². The Bertz CT molecular complexity index is 920. The van der Waals surface area contributed by atoms with E-state index < -0.39 is 0 Å². The summed E-state index contributed by atoms with van der Waals surface area (Å²) < 4.78 is 10.7. The molecule has 7 heteroatoms. The van der Waals surface area contributed by atoms with E-state index in [-0.39, 0.29) is 12.0 Å². The number of carbonyl (C=O) groups excluding carboxylic acids is 1. The van der Waals surface area contributed by atoms with Gasteiger partial charge in [-0.1, -0.05) is 16.8 Å². The van der Waals surface area contributed by atoms with Crippen LogP contribution in [-0.4, -0.2) is 22.2 Å². The van der Waals surface area contributed by atoms with Crippen molar-refractivity contribution in [2.75, 3.05) is 5.32 Å². The highest BCUT2D eigenvalue weighted by atomic mass is 35.5. The molecule has 0 saturated carbocycles. The molecule has 26 heavy (non-hydrogen) atoms. The van der Waals surface area contributed by atoms with Gasteiger partial charge in [0.05, 0.1) is 11.1 Å². The lowest BCUT2D eigenvalue weighted by atomic mass is 10.1. The van der Waals surface area contributed by atoms with Gasteiger partial charge in [-0.25, -0.2) is 0 Å². The van der Waals surface area contributed by atoms with Crippen LogP contribution in [0.3, 0.4) is 0 Å². The zero-order chi connectivity index (χ0) is 18.7. The molecule has 0 aliphatic carbocycles. The van der Waals surface area contributed by atoms with E-state index in [9.17, 15) is 4.79 Å². The maximum atomic E-state index is 12.4. The first kappa shape index (κ1) is 17.9. The van der Waals surface area contributed by atoms with E-state index in [1.54, 1.807) is 49.4 Å². The van der Waals surface area contributed by atoms with E-state index >= 15 is 0 Å². The van der Waals surface area contributed by atoms with Gasteiger partial charge in [0.15, 0.2) is 5.82 Å². The molecule has 1 aromatic heterocycles. The average molecular weight is 372 g/mol. The normalized spacial score (nSPS) is 10.8. The summed E-state index contributed by atoms with van der Waals surface area (Å²) in [7, 11) is 0. The predicted octanol–water partition coefficient (Wildman–Crippen LogP) is 4.74. The second-order valence-corrected chi connectivity index (χ2v) is 6.40. The fraction of sp³-hybridized carbons (Fsp3) is 0.211. The van der Waals surface area contributed by atoms with Crippen LogP contribution in [0.4, 0.5) is 5.69 Å². The second kappa shape index (κ2) is 7.58. The smallest absolute Gasteiger partial charge is 0.257 e. The second-order valence-electron chi connectivity index (χ2n) is 5.99. The third-order valence-corrected chi connectivity index (χ3v) is 3.77. The molecule has 0 aliphatic rings. The first-order valence-electron chi connectivity index (χ1n) is 8.10. The fourth-order valence-corrected chi connectivity index (χ4v) is 2.53. The molecule has 0 fully saturated rings. The number of hydrogen-bond acceptors (Lipinski definition) is 5. The first-order valence-corrected chi connectivity index (χ1v) is 8.48. The van der Waals surface area contributed by atoms with Crippen molar-refractivity contribution in [1.29, 1.82) is 0 Å². The van der Waals surface area contributed by atoms with Crippen molar-refractivity contribution in [2.24, 2.45) is 0 Å². The van der Waals surface area contributed by atoms with Crippen LogP contribution in [0.1, 0.15) is 30.0 Å². The van der Waals surface area contributed by atoms with Gasteiger partial charge < -0.3 is 14.6 Å². The van der Waals surface area contributed by atoms with Gasteiger partial charge >= 0.3 is 0 Å². The van der Waals surface area contributed by atoms with Crippen LogP contribution in [0.5, 0.6) is 5.75 Å². The Hall–Kier alpha value is -2.86. The summed E-state index contributed by atoms with van der Waals surface area (Å²) in [5.74, 6) is 1.32. The summed E-state index contributed by atoms with van der Waals surface area (Å²) in [6, 6.07) is 12.1. The molecule has 0 aliphatic heterocycles. The van der Waals surface area contributed by atoms with E-state index in [4.69, 9.17) is 20.9 Å². The standard InChI is InChI=1S/C19H18ClN3O3/c1-11(2)25-17-9-8-15(10-16(17)20)22-18(24)13-4-6-14(7-5-13)19-21-12(3)23-26-19/h4-11H,1-3H3,(H,22,24). The Morgan fingerprint density at radius 2 is 1.92 bits per heavy atom. The van der Waals surface area contributed by atoms with Crippen molar-refractivity contribution in [3.63, 3.8) is 0 Å². The van der Waals surface area contributed by atoms with E-state index in [1.807, 2.05) is 13.8 Å². The highest BCUT2D eigenvalue weighted by molar-refractivity contribution is 6.32. The summed E-state index contributed by atoms with van der Waals surface area (Å²) in [5, 5.41) is 7.01. The monoisotopic (exact) mass is 371 g/mol. The lowest BCUT2D eigenvalue weighted by Gasteiger charge is -2.12. The van der Waals surface area contributed by atoms with Crippen molar-refractivity contribution in [3.05, 3.63) is 58.9 Å². The van der Waals surface area contributed by atoms with Crippen molar-refractivity contribution in [3.8, 4) is 17.2 Å². The molecule has 0 bridgehead atoms. The van der Waals surface area contributed by atoms with Gasteiger partial charge in [-0.2, -0.15) is 4.98 Å². The minimum atomic E-state index is -0.244. The molecule has 0 atom stereocenters. The number of nitrogens with zero attached hydrogens (tertiary/aromatic N) is 2. The van der Waals surface area contributed by atoms with Crippen LogP contribution < -0.4 is 10.1 Å². The number of benzene rings is 2. The van der Waals surface area contributed by atoms with Crippen molar-refractivity contribution in [1.82, 2.24) is 10.1 Å². The molecule has 0 unspecified atom stereocenters. The SMILES string of the molecule is Cc1noc(-c2ccc(C(=O)Nc3ccc(OC(C)C)c(Cl)c3)cc2)n1. The van der Waals surface area contributed by atoms with Crippen LogP contribution in [0, 0.1) is 6.92 Å². The number of rotatable bonds is 5. The van der Waals surface area contributed by atoms with E-state index in [0.717, 1.165) is 5.56 Å². The molecule has 0 saturated heterocycles. The third kappa shape index (κ3) is 4.21. The van der Waals surface area contributed by atoms with Gasteiger partial charge in [-0.15, -0.1) is 0 Å².